The van der Waals surface area contributed by atoms with Crippen LogP contribution in [0.4, 0.5) is 4.39 Å². The largest absolute Gasteiger partial charge is 0.476 e. The van der Waals surface area contributed by atoms with Crippen molar-refractivity contribution in [1.29, 1.82) is 0 Å². The Morgan fingerprint density at radius 3 is 2.85 bits per heavy atom. The number of halogens is 2. The van der Waals surface area contributed by atoms with E-state index in [1.165, 1.54) is 18.5 Å². The first-order valence-electron chi connectivity index (χ1n) is 5.59. The number of fused-ring (bicyclic) bond motifs is 1. The summed E-state index contributed by atoms with van der Waals surface area (Å²) in [5.41, 5.74) is 1.31. The minimum atomic E-state index is -1.12. The van der Waals surface area contributed by atoms with Gasteiger partial charge in [0.1, 0.15) is 5.82 Å². The van der Waals surface area contributed by atoms with E-state index in [4.69, 9.17) is 5.11 Å². The Morgan fingerprint density at radius 2 is 2.15 bits per heavy atom. The van der Waals surface area contributed by atoms with Crippen LogP contribution in [-0.4, -0.2) is 25.4 Å². The molecule has 1 aromatic carbocycles. The van der Waals surface area contributed by atoms with Crippen LogP contribution in [0.25, 0.3) is 17.0 Å². The van der Waals surface area contributed by atoms with Gasteiger partial charge in [0.05, 0.1) is 10.2 Å². The van der Waals surface area contributed by atoms with Crippen LogP contribution in [0.15, 0.2) is 41.1 Å². The second-order valence-corrected chi connectivity index (χ2v) is 4.91. The molecule has 2 heterocycles. The SMILES string of the molecule is O=C(O)c1cn2c(-c3ccc(F)c(Br)c3)ccnc2n1. The lowest BCUT2D eigenvalue weighted by Crippen LogP contribution is -1.95. The fourth-order valence-corrected chi connectivity index (χ4v) is 2.27. The minimum absolute atomic E-state index is 0.0915. The van der Waals surface area contributed by atoms with E-state index in [1.807, 2.05) is 0 Å². The standard InChI is InChI=1S/C13H7BrFN3O2/c14-8-5-7(1-2-9(8)15)11-3-4-16-13-17-10(12(19)20)6-18(11)13/h1-6H,(H,19,20). The van der Waals surface area contributed by atoms with Crippen LogP contribution in [0.5, 0.6) is 0 Å². The van der Waals surface area contributed by atoms with Gasteiger partial charge >= 0.3 is 5.97 Å². The average molecular weight is 336 g/mol. The number of hydrogen-bond donors (Lipinski definition) is 1. The van der Waals surface area contributed by atoms with Crippen LogP contribution >= 0.6 is 15.9 Å². The molecule has 0 amide bonds. The molecule has 0 fully saturated rings. The second kappa shape index (κ2) is 4.68. The zero-order valence-corrected chi connectivity index (χ0v) is 11.5. The quantitative estimate of drug-likeness (QED) is 0.781. The van der Waals surface area contributed by atoms with Crippen LogP contribution < -0.4 is 0 Å². The van der Waals surface area contributed by atoms with E-state index in [0.29, 0.717) is 10.2 Å². The number of imidazole rings is 1. The molecular formula is C13H7BrFN3O2. The molecule has 3 rings (SSSR count). The predicted molar refractivity (Wildman–Crippen MR) is 73.0 cm³/mol. The topological polar surface area (TPSA) is 67.5 Å². The Kier molecular flexibility index (Phi) is 2.98. The van der Waals surface area contributed by atoms with Gasteiger partial charge in [0.2, 0.25) is 5.78 Å². The summed E-state index contributed by atoms with van der Waals surface area (Å²) in [5, 5.41) is 8.97. The Hall–Kier alpha value is -2.28. The van der Waals surface area contributed by atoms with Crippen molar-refractivity contribution in [1.82, 2.24) is 14.4 Å². The van der Waals surface area contributed by atoms with Crippen LogP contribution in [0.1, 0.15) is 10.5 Å². The minimum Gasteiger partial charge on any atom is -0.476 e. The second-order valence-electron chi connectivity index (χ2n) is 4.06. The maximum Gasteiger partial charge on any atom is 0.356 e. The van der Waals surface area contributed by atoms with E-state index in [1.54, 1.807) is 22.6 Å². The molecule has 0 aliphatic rings. The molecule has 0 aliphatic carbocycles. The van der Waals surface area contributed by atoms with Crippen molar-refractivity contribution in [2.24, 2.45) is 0 Å². The summed E-state index contributed by atoms with van der Waals surface area (Å²) in [6.07, 6.45) is 2.91. The predicted octanol–water partition coefficient (Wildman–Crippen LogP) is 3.00. The Labute approximate surface area is 120 Å². The highest BCUT2D eigenvalue weighted by molar-refractivity contribution is 9.10. The van der Waals surface area contributed by atoms with E-state index in [-0.39, 0.29) is 17.3 Å². The van der Waals surface area contributed by atoms with Gasteiger partial charge in [-0.3, -0.25) is 4.40 Å². The fourth-order valence-electron chi connectivity index (χ4n) is 1.89. The van der Waals surface area contributed by atoms with E-state index in [9.17, 15) is 9.18 Å². The van der Waals surface area contributed by atoms with Gasteiger partial charge in [0, 0.05) is 12.4 Å². The molecule has 1 N–H and O–H groups in total. The normalized spacial score (nSPS) is 10.9. The maximum atomic E-state index is 13.3. The number of carboxylic acid groups (broad SMARTS) is 1. The third-order valence-electron chi connectivity index (χ3n) is 2.80. The van der Waals surface area contributed by atoms with Gasteiger partial charge in [-0.2, -0.15) is 0 Å². The first kappa shape index (κ1) is 12.7. The summed E-state index contributed by atoms with van der Waals surface area (Å²) in [7, 11) is 0. The molecule has 0 unspecified atom stereocenters. The van der Waals surface area contributed by atoms with Crippen molar-refractivity contribution < 1.29 is 14.3 Å². The number of aromatic nitrogens is 3. The molecule has 100 valence electrons. The maximum absolute atomic E-state index is 13.3. The van der Waals surface area contributed by atoms with Crippen molar-refractivity contribution in [3.05, 3.63) is 52.6 Å². The molecule has 0 bridgehead atoms. The lowest BCUT2D eigenvalue weighted by molar-refractivity contribution is 0.0691. The number of aromatic carboxylic acids is 1. The molecule has 0 spiro atoms. The summed E-state index contributed by atoms with van der Waals surface area (Å²) < 4.78 is 15.2. The van der Waals surface area contributed by atoms with Crippen molar-refractivity contribution in [3.63, 3.8) is 0 Å². The van der Waals surface area contributed by atoms with Gasteiger partial charge in [-0.15, -0.1) is 0 Å². The first-order chi connectivity index (χ1) is 9.56. The van der Waals surface area contributed by atoms with Crippen molar-refractivity contribution in [3.8, 4) is 11.3 Å². The van der Waals surface area contributed by atoms with E-state index >= 15 is 0 Å². The molecule has 0 saturated heterocycles. The molecule has 7 heteroatoms. The van der Waals surface area contributed by atoms with Crippen LogP contribution in [-0.2, 0) is 0 Å². The number of carboxylic acids is 1. The number of nitrogens with zero attached hydrogens (tertiary/aromatic N) is 3. The molecule has 2 aromatic heterocycles. The molecule has 0 aliphatic heterocycles. The average Bonchev–Trinajstić information content (AvgIpc) is 2.86. The monoisotopic (exact) mass is 335 g/mol. The lowest BCUT2D eigenvalue weighted by atomic mass is 10.1. The van der Waals surface area contributed by atoms with Crippen LogP contribution in [0.3, 0.4) is 0 Å². The van der Waals surface area contributed by atoms with Gasteiger partial charge in [0.25, 0.3) is 0 Å². The molecule has 0 atom stereocenters. The van der Waals surface area contributed by atoms with Gasteiger partial charge in [0.15, 0.2) is 5.69 Å². The summed E-state index contributed by atoms with van der Waals surface area (Å²) in [6, 6.07) is 6.26. The van der Waals surface area contributed by atoms with E-state index in [0.717, 1.165) is 5.56 Å². The number of benzene rings is 1. The summed E-state index contributed by atoms with van der Waals surface area (Å²) in [4.78, 5) is 18.9. The first-order valence-corrected chi connectivity index (χ1v) is 6.38. The smallest absolute Gasteiger partial charge is 0.356 e. The third-order valence-corrected chi connectivity index (χ3v) is 3.41. The van der Waals surface area contributed by atoms with Gasteiger partial charge < -0.3 is 5.11 Å². The number of carbonyl (C=O) groups is 1. The Morgan fingerprint density at radius 1 is 1.35 bits per heavy atom. The van der Waals surface area contributed by atoms with Gasteiger partial charge in [-0.1, -0.05) is 0 Å². The number of hydrogen-bond acceptors (Lipinski definition) is 3. The molecule has 5 nitrogen and oxygen atoms in total. The highest BCUT2D eigenvalue weighted by Crippen LogP contribution is 2.25. The Balaban J connectivity index is 2.24. The van der Waals surface area contributed by atoms with Gasteiger partial charge in [-0.05, 0) is 45.8 Å². The zero-order valence-electron chi connectivity index (χ0n) is 9.92. The molecule has 3 aromatic rings. The van der Waals surface area contributed by atoms with Crippen molar-refractivity contribution in [2.75, 3.05) is 0 Å². The Bertz CT molecular complexity index is 832. The van der Waals surface area contributed by atoms with E-state index in [2.05, 4.69) is 25.9 Å². The van der Waals surface area contributed by atoms with Crippen LogP contribution in [0.2, 0.25) is 0 Å². The molecule has 0 saturated carbocycles. The van der Waals surface area contributed by atoms with Crippen LogP contribution in [0, 0.1) is 5.82 Å². The molecule has 0 radical (unpaired) electrons. The fraction of sp³-hybridized carbons (Fsp3) is 0. The van der Waals surface area contributed by atoms with Gasteiger partial charge in [-0.25, -0.2) is 19.2 Å². The molecule has 20 heavy (non-hydrogen) atoms. The van der Waals surface area contributed by atoms with Crippen molar-refractivity contribution in [2.45, 2.75) is 0 Å². The zero-order chi connectivity index (χ0) is 14.3. The number of rotatable bonds is 2. The highest BCUT2D eigenvalue weighted by Gasteiger charge is 2.13. The highest BCUT2D eigenvalue weighted by atomic mass is 79.9. The van der Waals surface area contributed by atoms with Crippen molar-refractivity contribution >= 4 is 27.7 Å². The lowest BCUT2D eigenvalue weighted by Gasteiger charge is -2.05. The molecular weight excluding hydrogens is 329 g/mol. The summed E-state index contributed by atoms with van der Waals surface area (Å²) in [6.45, 7) is 0. The van der Waals surface area contributed by atoms with E-state index < -0.39 is 5.97 Å². The summed E-state index contributed by atoms with van der Waals surface area (Å²) >= 11 is 3.13. The third kappa shape index (κ3) is 2.05. The summed E-state index contributed by atoms with van der Waals surface area (Å²) in [5.74, 6) is -1.21.